The topological polar surface area (TPSA) is 32.9 Å². The van der Waals surface area contributed by atoms with Crippen molar-refractivity contribution in [2.45, 2.75) is 6.92 Å². The Labute approximate surface area is 92.5 Å². The third-order valence-electron chi connectivity index (χ3n) is 2.20. The van der Waals surface area contributed by atoms with Crippen LogP contribution in [0.2, 0.25) is 5.02 Å². The van der Waals surface area contributed by atoms with Crippen molar-refractivity contribution < 1.29 is 0 Å². The van der Waals surface area contributed by atoms with Crippen LogP contribution in [0.3, 0.4) is 0 Å². The number of rotatable bonds is 1. The van der Waals surface area contributed by atoms with Gasteiger partial charge in [0, 0.05) is 16.8 Å². The molecule has 0 fully saturated rings. The van der Waals surface area contributed by atoms with Gasteiger partial charge in [0.25, 0.3) is 5.56 Å². The fraction of sp³-hybridized carbons (Fsp3) is 0.0833. The molecule has 1 N–H and O–H groups in total. The summed E-state index contributed by atoms with van der Waals surface area (Å²) in [5.41, 5.74) is 2.50. The van der Waals surface area contributed by atoms with E-state index in [2.05, 4.69) is 4.98 Å². The van der Waals surface area contributed by atoms with E-state index in [9.17, 15) is 4.79 Å². The molecule has 0 spiro atoms. The predicted octanol–water partition coefficient (Wildman–Crippen LogP) is 3.00. The van der Waals surface area contributed by atoms with E-state index in [1.807, 2.05) is 25.1 Å². The number of hydrogen-bond acceptors (Lipinski definition) is 1. The largest absolute Gasteiger partial charge is 0.328 e. The first-order valence-electron chi connectivity index (χ1n) is 4.62. The molecule has 1 aromatic carbocycles. The van der Waals surface area contributed by atoms with E-state index in [-0.39, 0.29) is 5.56 Å². The van der Waals surface area contributed by atoms with E-state index in [4.69, 9.17) is 11.6 Å². The van der Waals surface area contributed by atoms with Gasteiger partial charge in [-0.1, -0.05) is 23.7 Å². The first-order valence-corrected chi connectivity index (χ1v) is 5.00. The Balaban J connectivity index is 2.58. The van der Waals surface area contributed by atoms with Gasteiger partial charge < -0.3 is 4.98 Å². The number of pyridine rings is 1. The normalized spacial score (nSPS) is 10.3. The molecule has 1 aromatic heterocycles. The summed E-state index contributed by atoms with van der Waals surface area (Å²) in [6, 6.07) is 9.10. The van der Waals surface area contributed by atoms with Crippen LogP contribution in [-0.2, 0) is 0 Å². The van der Waals surface area contributed by atoms with Crippen LogP contribution in [-0.4, -0.2) is 4.98 Å². The van der Waals surface area contributed by atoms with E-state index in [1.165, 1.54) is 0 Å². The summed E-state index contributed by atoms with van der Waals surface area (Å²) in [5, 5.41) is 0.669. The Morgan fingerprint density at radius 1 is 1.20 bits per heavy atom. The number of halogens is 1. The summed E-state index contributed by atoms with van der Waals surface area (Å²) < 4.78 is 0. The molecule has 0 aliphatic heterocycles. The number of aromatic nitrogens is 1. The van der Waals surface area contributed by atoms with Gasteiger partial charge in [0.15, 0.2) is 0 Å². The second kappa shape index (κ2) is 3.91. The van der Waals surface area contributed by atoms with Crippen molar-refractivity contribution in [3.63, 3.8) is 0 Å². The lowest BCUT2D eigenvalue weighted by Gasteiger charge is -2.01. The molecular weight excluding hydrogens is 210 g/mol. The van der Waals surface area contributed by atoms with Gasteiger partial charge in [-0.15, -0.1) is 0 Å². The van der Waals surface area contributed by atoms with Crippen molar-refractivity contribution in [1.29, 1.82) is 0 Å². The number of H-pyrrole nitrogens is 1. The fourth-order valence-corrected chi connectivity index (χ4v) is 1.56. The average molecular weight is 220 g/mol. The Morgan fingerprint density at radius 3 is 2.53 bits per heavy atom. The van der Waals surface area contributed by atoms with Crippen molar-refractivity contribution >= 4 is 11.6 Å². The van der Waals surface area contributed by atoms with Crippen molar-refractivity contribution in [3.8, 4) is 11.1 Å². The molecule has 2 nitrogen and oxygen atoms in total. The summed E-state index contributed by atoms with van der Waals surface area (Å²) in [5.74, 6) is 0. The van der Waals surface area contributed by atoms with Crippen LogP contribution in [0.5, 0.6) is 0 Å². The van der Waals surface area contributed by atoms with Crippen LogP contribution in [0.15, 0.2) is 41.3 Å². The Hall–Kier alpha value is -1.54. The first kappa shape index (κ1) is 9.99. The van der Waals surface area contributed by atoms with Crippen LogP contribution in [0.4, 0.5) is 0 Å². The van der Waals surface area contributed by atoms with E-state index < -0.39 is 0 Å². The third kappa shape index (κ3) is 2.10. The molecule has 0 atom stereocenters. The van der Waals surface area contributed by atoms with Gasteiger partial charge >= 0.3 is 0 Å². The van der Waals surface area contributed by atoms with Crippen LogP contribution in [0.25, 0.3) is 11.1 Å². The number of hydrogen-bond donors (Lipinski definition) is 1. The lowest BCUT2D eigenvalue weighted by Crippen LogP contribution is -2.08. The monoisotopic (exact) mass is 219 g/mol. The smallest absolute Gasteiger partial charge is 0.255 e. The summed E-state index contributed by atoms with van der Waals surface area (Å²) in [6.45, 7) is 1.94. The highest BCUT2D eigenvalue weighted by Crippen LogP contribution is 2.18. The molecule has 2 rings (SSSR count). The zero-order chi connectivity index (χ0) is 10.8. The molecule has 76 valence electrons. The van der Waals surface area contributed by atoms with Crippen molar-refractivity contribution in [2.75, 3.05) is 0 Å². The van der Waals surface area contributed by atoms with Crippen LogP contribution in [0, 0.1) is 6.92 Å². The molecular formula is C12H10ClNO. The molecule has 0 aliphatic carbocycles. The van der Waals surface area contributed by atoms with Gasteiger partial charge in [0.1, 0.15) is 0 Å². The number of aromatic amines is 1. The SMILES string of the molecule is Cc1c[nH]c(=O)c(-c2ccc(Cl)cc2)c1. The zero-order valence-electron chi connectivity index (χ0n) is 8.25. The van der Waals surface area contributed by atoms with Crippen LogP contribution < -0.4 is 5.56 Å². The zero-order valence-corrected chi connectivity index (χ0v) is 9.01. The summed E-state index contributed by atoms with van der Waals surface area (Å²) in [7, 11) is 0. The maximum Gasteiger partial charge on any atom is 0.255 e. The van der Waals surface area contributed by atoms with Gasteiger partial charge in [0.2, 0.25) is 0 Å². The molecule has 0 aliphatic rings. The van der Waals surface area contributed by atoms with E-state index in [0.717, 1.165) is 11.1 Å². The lowest BCUT2D eigenvalue weighted by atomic mass is 10.1. The second-order valence-corrected chi connectivity index (χ2v) is 3.86. The highest BCUT2D eigenvalue weighted by molar-refractivity contribution is 6.30. The predicted molar refractivity (Wildman–Crippen MR) is 62.2 cm³/mol. The summed E-state index contributed by atoms with van der Waals surface area (Å²) in [6.07, 6.45) is 1.70. The minimum atomic E-state index is -0.0806. The fourth-order valence-electron chi connectivity index (χ4n) is 1.44. The Morgan fingerprint density at radius 2 is 1.87 bits per heavy atom. The maximum absolute atomic E-state index is 11.6. The minimum Gasteiger partial charge on any atom is -0.328 e. The third-order valence-corrected chi connectivity index (χ3v) is 2.45. The second-order valence-electron chi connectivity index (χ2n) is 3.43. The molecule has 0 unspecified atom stereocenters. The highest BCUT2D eigenvalue weighted by atomic mass is 35.5. The van der Waals surface area contributed by atoms with Gasteiger partial charge in [-0.2, -0.15) is 0 Å². The molecule has 0 saturated carbocycles. The Kier molecular flexibility index (Phi) is 2.60. The number of benzene rings is 1. The molecule has 3 heteroatoms. The van der Waals surface area contributed by atoms with Crippen molar-refractivity contribution in [3.05, 3.63) is 57.5 Å². The van der Waals surface area contributed by atoms with Crippen LogP contribution in [0.1, 0.15) is 5.56 Å². The Bertz CT molecular complexity index is 528. The molecule has 2 aromatic rings. The maximum atomic E-state index is 11.6. The van der Waals surface area contributed by atoms with E-state index in [1.54, 1.807) is 18.3 Å². The molecule has 0 bridgehead atoms. The lowest BCUT2D eigenvalue weighted by molar-refractivity contribution is 1.20. The van der Waals surface area contributed by atoms with Gasteiger partial charge in [-0.25, -0.2) is 0 Å². The number of aryl methyl sites for hydroxylation is 1. The highest BCUT2D eigenvalue weighted by Gasteiger charge is 2.02. The molecule has 0 amide bonds. The van der Waals surface area contributed by atoms with Gasteiger partial charge in [0.05, 0.1) is 0 Å². The van der Waals surface area contributed by atoms with Crippen LogP contribution >= 0.6 is 11.6 Å². The summed E-state index contributed by atoms with van der Waals surface area (Å²) >= 11 is 5.78. The molecule has 15 heavy (non-hydrogen) atoms. The quantitative estimate of drug-likeness (QED) is 0.786. The molecule has 0 saturated heterocycles. The standard InChI is InChI=1S/C12H10ClNO/c1-8-6-11(12(15)14-7-8)9-2-4-10(13)5-3-9/h2-7H,1H3,(H,14,15). The van der Waals surface area contributed by atoms with Gasteiger partial charge in [-0.3, -0.25) is 4.79 Å². The van der Waals surface area contributed by atoms with Crippen molar-refractivity contribution in [1.82, 2.24) is 4.98 Å². The molecule has 1 heterocycles. The summed E-state index contributed by atoms with van der Waals surface area (Å²) in [4.78, 5) is 14.3. The van der Waals surface area contributed by atoms with Gasteiger partial charge in [-0.05, 0) is 36.2 Å². The molecule has 0 radical (unpaired) electrons. The average Bonchev–Trinajstić information content (AvgIpc) is 2.23. The number of nitrogens with one attached hydrogen (secondary N) is 1. The van der Waals surface area contributed by atoms with E-state index in [0.29, 0.717) is 10.6 Å². The van der Waals surface area contributed by atoms with Crippen molar-refractivity contribution in [2.24, 2.45) is 0 Å². The van der Waals surface area contributed by atoms with E-state index >= 15 is 0 Å². The minimum absolute atomic E-state index is 0.0806. The first-order chi connectivity index (χ1) is 7.16.